The number of benzene rings is 1. The van der Waals surface area contributed by atoms with E-state index in [0.717, 1.165) is 11.3 Å². The molecular formula is C16H24N2O. The van der Waals surface area contributed by atoms with Gasteiger partial charge in [-0.2, -0.15) is 0 Å². The molecule has 1 aromatic rings. The first-order chi connectivity index (χ1) is 9.04. The highest BCUT2D eigenvalue weighted by Gasteiger charge is 2.36. The Labute approximate surface area is 115 Å². The van der Waals surface area contributed by atoms with Crippen LogP contribution >= 0.6 is 0 Å². The maximum Gasteiger partial charge on any atom is 0.230 e. The zero-order valence-electron chi connectivity index (χ0n) is 12.1. The van der Waals surface area contributed by atoms with Crippen molar-refractivity contribution in [2.75, 3.05) is 4.90 Å². The second-order valence-corrected chi connectivity index (χ2v) is 5.80. The minimum Gasteiger partial charge on any atom is -0.326 e. The molecule has 104 valence electrons. The molecule has 0 aliphatic heterocycles. The van der Waals surface area contributed by atoms with Crippen LogP contribution < -0.4 is 10.6 Å². The fourth-order valence-electron chi connectivity index (χ4n) is 2.49. The molecule has 2 rings (SSSR count). The zero-order chi connectivity index (χ0) is 14.0. The van der Waals surface area contributed by atoms with Crippen molar-refractivity contribution in [3.05, 3.63) is 29.8 Å². The molecule has 1 saturated carbocycles. The van der Waals surface area contributed by atoms with E-state index in [2.05, 4.69) is 20.8 Å². The Morgan fingerprint density at radius 3 is 2.26 bits per heavy atom. The standard InChI is InChI=1S/C16H24N2O/c1-11(2)18(16(19)12(3)14-6-7-14)15-8-4-13(10-17)5-9-15/h4-5,8-9,11-12,14H,6-7,10,17H2,1-3H3. The Morgan fingerprint density at radius 1 is 1.26 bits per heavy atom. The van der Waals surface area contributed by atoms with Crippen LogP contribution in [0.3, 0.4) is 0 Å². The van der Waals surface area contributed by atoms with Gasteiger partial charge in [0.25, 0.3) is 0 Å². The van der Waals surface area contributed by atoms with Crippen LogP contribution in [-0.2, 0) is 11.3 Å². The van der Waals surface area contributed by atoms with E-state index in [0.29, 0.717) is 12.5 Å². The average Bonchev–Trinajstić information content (AvgIpc) is 3.22. The molecule has 1 unspecified atom stereocenters. The molecule has 1 fully saturated rings. The van der Waals surface area contributed by atoms with E-state index in [-0.39, 0.29) is 17.9 Å². The molecule has 0 bridgehead atoms. The molecule has 19 heavy (non-hydrogen) atoms. The number of hydrogen-bond donors (Lipinski definition) is 1. The highest BCUT2D eigenvalue weighted by atomic mass is 16.2. The minimum atomic E-state index is 0.136. The van der Waals surface area contributed by atoms with Crippen LogP contribution in [0.5, 0.6) is 0 Å². The third-order valence-corrected chi connectivity index (χ3v) is 3.92. The molecule has 1 atom stereocenters. The Kier molecular flexibility index (Phi) is 4.25. The Bertz CT molecular complexity index is 435. The third-order valence-electron chi connectivity index (χ3n) is 3.92. The molecule has 3 nitrogen and oxygen atoms in total. The second-order valence-electron chi connectivity index (χ2n) is 5.80. The summed E-state index contributed by atoms with van der Waals surface area (Å²) in [5, 5.41) is 0. The lowest BCUT2D eigenvalue weighted by atomic mass is 10.0. The van der Waals surface area contributed by atoms with Crippen LogP contribution in [0.1, 0.15) is 39.2 Å². The lowest BCUT2D eigenvalue weighted by Crippen LogP contribution is -2.41. The summed E-state index contributed by atoms with van der Waals surface area (Å²) in [6.07, 6.45) is 2.40. The van der Waals surface area contributed by atoms with Crippen LogP contribution in [0.25, 0.3) is 0 Å². The molecule has 1 amide bonds. The van der Waals surface area contributed by atoms with Crippen LogP contribution in [0.2, 0.25) is 0 Å². The fourth-order valence-corrected chi connectivity index (χ4v) is 2.49. The summed E-state index contributed by atoms with van der Waals surface area (Å²) in [7, 11) is 0. The van der Waals surface area contributed by atoms with Gasteiger partial charge in [-0.15, -0.1) is 0 Å². The van der Waals surface area contributed by atoms with E-state index in [9.17, 15) is 4.79 Å². The number of nitrogens with zero attached hydrogens (tertiary/aromatic N) is 1. The first kappa shape index (κ1) is 14.1. The minimum absolute atomic E-state index is 0.136. The second kappa shape index (κ2) is 5.74. The summed E-state index contributed by atoms with van der Waals surface area (Å²) in [4.78, 5) is 14.5. The highest BCUT2D eigenvalue weighted by Crippen LogP contribution is 2.38. The maximum atomic E-state index is 12.6. The molecule has 1 aliphatic carbocycles. The van der Waals surface area contributed by atoms with Gasteiger partial charge in [0.2, 0.25) is 5.91 Å². The number of anilines is 1. The summed E-state index contributed by atoms with van der Waals surface area (Å²) >= 11 is 0. The average molecular weight is 260 g/mol. The van der Waals surface area contributed by atoms with E-state index in [4.69, 9.17) is 5.73 Å². The molecule has 0 spiro atoms. The van der Waals surface area contributed by atoms with Gasteiger partial charge < -0.3 is 10.6 Å². The number of carbonyl (C=O) groups is 1. The normalized spacial score (nSPS) is 16.5. The van der Waals surface area contributed by atoms with Crippen molar-refractivity contribution in [2.45, 2.75) is 46.2 Å². The summed E-state index contributed by atoms with van der Waals surface area (Å²) in [6, 6.07) is 8.18. The quantitative estimate of drug-likeness (QED) is 0.884. The van der Waals surface area contributed by atoms with Gasteiger partial charge in [-0.3, -0.25) is 4.79 Å². The highest BCUT2D eigenvalue weighted by molar-refractivity contribution is 5.95. The first-order valence-corrected chi connectivity index (χ1v) is 7.16. The Morgan fingerprint density at radius 2 is 1.84 bits per heavy atom. The molecule has 0 heterocycles. The molecular weight excluding hydrogens is 236 g/mol. The molecule has 0 saturated heterocycles. The molecule has 1 aliphatic rings. The molecule has 1 aromatic carbocycles. The monoisotopic (exact) mass is 260 g/mol. The summed E-state index contributed by atoms with van der Waals surface area (Å²) in [5.41, 5.74) is 7.68. The van der Waals surface area contributed by atoms with Crippen molar-refractivity contribution >= 4 is 11.6 Å². The molecule has 2 N–H and O–H groups in total. The van der Waals surface area contributed by atoms with E-state index in [1.54, 1.807) is 0 Å². The maximum absolute atomic E-state index is 12.6. The number of carbonyl (C=O) groups excluding carboxylic acids is 1. The van der Waals surface area contributed by atoms with Gasteiger partial charge >= 0.3 is 0 Å². The van der Waals surface area contributed by atoms with Crippen molar-refractivity contribution in [1.29, 1.82) is 0 Å². The van der Waals surface area contributed by atoms with Crippen LogP contribution in [0.15, 0.2) is 24.3 Å². The van der Waals surface area contributed by atoms with Gasteiger partial charge in [0, 0.05) is 24.2 Å². The topological polar surface area (TPSA) is 46.3 Å². The van der Waals surface area contributed by atoms with Crippen molar-refractivity contribution < 1.29 is 4.79 Å². The Hall–Kier alpha value is -1.35. The largest absolute Gasteiger partial charge is 0.326 e. The van der Waals surface area contributed by atoms with Gasteiger partial charge in [0.05, 0.1) is 0 Å². The lowest BCUT2D eigenvalue weighted by Gasteiger charge is -2.29. The lowest BCUT2D eigenvalue weighted by molar-refractivity contribution is -0.122. The van der Waals surface area contributed by atoms with Crippen LogP contribution in [0.4, 0.5) is 5.69 Å². The van der Waals surface area contributed by atoms with Gasteiger partial charge in [-0.25, -0.2) is 0 Å². The van der Waals surface area contributed by atoms with Gasteiger partial charge in [-0.1, -0.05) is 19.1 Å². The predicted molar refractivity (Wildman–Crippen MR) is 78.8 cm³/mol. The van der Waals surface area contributed by atoms with Crippen molar-refractivity contribution in [1.82, 2.24) is 0 Å². The zero-order valence-corrected chi connectivity index (χ0v) is 12.1. The summed E-state index contributed by atoms with van der Waals surface area (Å²) < 4.78 is 0. The SMILES string of the molecule is CC(C(=O)N(c1ccc(CN)cc1)C(C)C)C1CC1. The Balaban J connectivity index is 2.20. The number of amides is 1. The summed E-state index contributed by atoms with van der Waals surface area (Å²) in [6.45, 7) is 6.72. The van der Waals surface area contributed by atoms with E-state index in [1.165, 1.54) is 12.8 Å². The molecule has 3 heteroatoms. The molecule has 0 aromatic heterocycles. The van der Waals surface area contributed by atoms with Crippen molar-refractivity contribution in [3.63, 3.8) is 0 Å². The van der Waals surface area contributed by atoms with Gasteiger partial charge in [-0.05, 0) is 50.3 Å². The first-order valence-electron chi connectivity index (χ1n) is 7.16. The number of rotatable bonds is 5. The van der Waals surface area contributed by atoms with Crippen molar-refractivity contribution in [2.24, 2.45) is 17.6 Å². The smallest absolute Gasteiger partial charge is 0.230 e. The molecule has 0 radical (unpaired) electrons. The number of hydrogen-bond acceptors (Lipinski definition) is 2. The van der Waals surface area contributed by atoms with Crippen LogP contribution in [0, 0.1) is 11.8 Å². The van der Waals surface area contributed by atoms with E-state index >= 15 is 0 Å². The van der Waals surface area contributed by atoms with Gasteiger partial charge in [0.15, 0.2) is 0 Å². The van der Waals surface area contributed by atoms with Crippen LogP contribution in [-0.4, -0.2) is 11.9 Å². The third kappa shape index (κ3) is 3.16. The van der Waals surface area contributed by atoms with Gasteiger partial charge in [0.1, 0.15) is 0 Å². The number of nitrogens with two attached hydrogens (primary N) is 1. The van der Waals surface area contributed by atoms with Crippen molar-refractivity contribution in [3.8, 4) is 0 Å². The predicted octanol–water partition coefficient (Wildman–Crippen LogP) is 2.93. The fraction of sp³-hybridized carbons (Fsp3) is 0.562. The van der Waals surface area contributed by atoms with E-state index in [1.807, 2.05) is 29.2 Å². The van der Waals surface area contributed by atoms with E-state index < -0.39 is 0 Å². The summed E-state index contributed by atoms with van der Waals surface area (Å²) in [5.74, 6) is 0.978.